The van der Waals surface area contributed by atoms with Crippen molar-refractivity contribution in [3.8, 4) is 6.07 Å². The molecule has 4 nitrogen and oxygen atoms in total. The van der Waals surface area contributed by atoms with E-state index in [2.05, 4.69) is 11.4 Å². The van der Waals surface area contributed by atoms with Gasteiger partial charge in [-0.25, -0.2) is 0 Å². The van der Waals surface area contributed by atoms with Gasteiger partial charge in [0.15, 0.2) is 0 Å². The quantitative estimate of drug-likeness (QED) is 0.866. The molecular weight excluding hydrogens is 214 g/mol. The first-order chi connectivity index (χ1) is 8.26. The third-order valence-corrected chi connectivity index (χ3v) is 2.79. The Labute approximate surface area is 99.5 Å². The molecule has 1 amide bonds. The summed E-state index contributed by atoms with van der Waals surface area (Å²) >= 11 is 0. The molecule has 0 saturated heterocycles. The summed E-state index contributed by atoms with van der Waals surface area (Å²) in [5.41, 5.74) is 1.66. The van der Waals surface area contributed by atoms with Crippen LogP contribution in [-0.4, -0.2) is 17.5 Å². The number of hydrogen-bond donors (Lipinski definition) is 1. The van der Waals surface area contributed by atoms with Gasteiger partial charge in [0.2, 0.25) is 5.91 Å². The predicted octanol–water partition coefficient (Wildman–Crippen LogP) is 1.65. The number of nitrogens with zero attached hydrogens (tertiary/aromatic N) is 2. The Morgan fingerprint density at radius 1 is 1.47 bits per heavy atom. The molecule has 0 fully saturated rings. The van der Waals surface area contributed by atoms with Crippen molar-refractivity contribution in [3.63, 3.8) is 0 Å². The second-order valence-corrected chi connectivity index (χ2v) is 3.78. The van der Waals surface area contributed by atoms with E-state index in [-0.39, 0.29) is 5.91 Å². The van der Waals surface area contributed by atoms with Gasteiger partial charge in [-0.2, -0.15) is 5.26 Å². The number of carbonyl (C=O) groups is 1. The van der Waals surface area contributed by atoms with Crippen LogP contribution in [0.1, 0.15) is 12.0 Å². The summed E-state index contributed by atoms with van der Waals surface area (Å²) in [6, 6.07) is 9.69. The van der Waals surface area contributed by atoms with E-state index in [1.54, 1.807) is 13.1 Å². The minimum atomic E-state index is 0.0169. The van der Waals surface area contributed by atoms with Crippen LogP contribution in [0.15, 0.2) is 30.5 Å². The average Bonchev–Trinajstić information content (AvgIpc) is 2.78. The molecule has 1 aromatic carbocycles. The second kappa shape index (κ2) is 4.71. The molecule has 1 N–H and O–H groups in total. The van der Waals surface area contributed by atoms with Crippen LogP contribution in [0.4, 0.5) is 0 Å². The lowest BCUT2D eigenvalue weighted by Crippen LogP contribution is -2.19. The highest BCUT2D eigenvalue weighted by Gasteiger charge is 2.06. The van der Waals surface area contributed by atoms with Crippen molar-refractivity contribution in [2.45, 2.75) is 13.0 Å². The molecule has 1 heterocycles. The fraction of sp³-hybridized carbons (Fsp3) is 0.231. The van der Waals surface area contributed by atoms with E-state index in [1.165, 1.54) is 0 Å². The molecule has 0 bridgehead atoms. The van der Waals surface area contributed by atoms with E-state index in [9.17, 15) is 4.79 Å². The number of aryl methyl sites for hydroxylation is 1. The Morgan fingerprint density at radius 3 is 3.00 bits per heavy atom. The van der Waals surface area contributed by atoms with Gasteiger partial charge in [0.25, 0.3) is 0 Å². The summed E-state index contributed by atoms with van der Waals surface area (Å²) in [6.45, 7) is 0.623. The number of aromatic nitrogens is 1. The number of rotatable bonds is 3. The Bertz CT molecular complexity index is 592. The molecule has 1 aromatic heterocycles. The van der Waals surface area contributed by atoms with Crippen molar-refractivity contribution in [3.05, 3.63) is 36.0 Å². The maximum Gasteiger partial charge on any atom is 0.221 e. The van der Waals surface area contributed by atoms with Crippen molar-refractivity contribution in [1.29, 1.82) is 5.26 Å². The van der Waals surface area contributed by atoms with Gasteiger partial charge in [-0.15, -0.1) is 0 Å². The van der Waals surface area contributed by atoms with Gasteiger partial charge in [0, 0.05) is 37.1 Å². The molecule has 2 rings (SSSR count). The van der Waals surface area contributed by atoms with E-state index < -0.39 is 0 Å². The van der Waals surface area contributed by atoms with Crippen LogP contribution >= 0.6 is 0 Å². The fourth-order valence-corrected chi connectivity index (χ4v) is 1.86. The number of nitriles is 1. The minimum absolute atomic E-state index is 0.0169. The van der Waals surface area contributed by atoms with Crippen LogP contribution in [0.2, 0.25) is 0 Å². The van der Waals surface area contributed by atoms with E-state index in [4.69, 9.17) is 5.26 Å². The fourth-order valence-electron chi connectivity index (χ4n) is 1.86. The van der Waals surface area contributed by atoms with Gasteiger partial charge >= 0.3 is 0 Å². The topological polar surface area (TPSA) is 57.8 Å². The van der Waals surface area contributed by atoms with Gasteiger partial charge in [0.1, 0.15) is 0 Å². The van der Waals surface area contributed by atoms with Crippen LogP contribution in [0.5, 0.6) is 0 Å². The Balaban J connectivity index is 2.31. The Morgan fingerprint density at radius 2 is 2.29 bits per heavy atom. The second-order valence-electron chi connectivity index (χ2n) is 3.78. The number of amides is 1. The van der Waals surface area contributed by atoms with Gasteiger partial charge in [-0.1, -0.05) is 6.07 Å². The monoisotopic (exact) mass is 227 g/mol. The summed E-state index contributed by atoms with van der Waals surface area (Å²) in [4.78, 5) is 11.2. The van der Waals surface area contributed by atoms with Crippen LogP contribution in [0.25, 0.3) is 10.9 Å². The first-order valence-electron chi connectivity index (χ1n) is 5.45. The minimum Gasteiger partial charge on any atom is -0.359 e. The van der Waals surface area contributed by atoms with E-state index in [1.807, 2.05) is 29.0 Å². The smallest absolute Gasteiger partial charge is 0.221 e. The highest BCUT2D eigenvalue weighted by molar-refractivity contribution is 5.86. The van der Waals surface area contributed by atoms with Gasteiger partial charge < -0.3 is 9.88 Å². The third kappa shape index (κ3) is 2.13. The van der Waals surface area contributed by atoms with Crippen molar-refractivity contribution < 1.29 is 4.79 Å². The highest BCUT2D eigenvalue weighted by Crippen LogP contribution is 2.19. The predicted molar refractivity (Wildman–Crippen MR) is 65.3 cm³/mol. The molecule has 86 valence electrons. The van der Waals surface area contributed by atoms with E-state index in [0.29, 0.717) is 18.5 Å². The normalized spacial score (nSPS) is 10.1. The highest BCUT2D eigenvalue weighted by atomic mass is 16.1. The molecule has 17 heavy (non-hydrogen) atoms. The average molecular weight is 227 g/mol. The van der Waals surface area contributed by atoms with Crippen molar-refractivity contribution in [2.24, 2.45) is 0 Å². The summed E-state index contributed by atoms with van der Waals surface area (Å²) in [6.07, 6.45) is 2.35. The van der Waals surface area contributed by atoms with Crippen LogP contribution in [0.3, 0.4) is 0 Å². The standard InChI is InChI=1S/C13H13N3O/c1-15-13(17)6-8-16-7-5-11-10(9-14)3-2-4-12(11)16/h2-5,7H,6,8H2,1H3,(H,15,17). The van der Waals surface area contributed by atoms with Crippen LogP contribution in [0, 0.1) is 11.3 Å². The molecule has 2 aromatic rings. The molecular formula is C13H13N3O. The van der Waals surface area contributed by atoms with Crippen molar-refractivity contribution in [2.75, 3.05) is 7.05 Å². The summed E-state index contributed by atoms with van der Waals surface area (Å²) < 4.78 is 1.99. The summed E-state index contributed by atoms with van der Waals surface area (Å²) in [5.74, 6) is 0.0169. The number of nitrogens with one attached hydrogen (secondary N) is 1. The number of carbonyl (C=O) groups excluding carboxylic acids is 1. The Kier molecular flexibility index (Phi) is 3.10. The van der Waals surface area contributed by atoms with Gasteiger partial charge in [-0.3, -0.25) is 4.79 Å². The summed E-state index contributed by atoms with van der Waals surface area (Å²) in [5, 5.41) is 12.5. The first kappa shape index (κ1) is 11.2. The third-order valence-electron chi connectivity index (χ3n) is 2.79. The zero-order valence-corrected chi connectivity index (χ0v) is 9.60. The largest absolute Gasteiger partial charge is 0.359 e. The molecule has 0 aliphatic heterocycles. The van der Waals surface area contributed by atoms with E-state index >= 15 is 0 Å². The summed E-state index contributed by atoms with van der Waals surface area (Å²) in [7, 11) is 1.63. The molecule has 0 aliphatic rings. The lowest BCUT2D eigenvalue weighted by Gasteiger charge is -2.04. The zero-order chi connectivity index (χ0) is 12.3. The van der Waals surface area contributed by atoms with Crippen molar-refractivity contribution in [1.82, 2.24) is 9.88 Å². The SMILES string of the molecule is CNC(=O)CCn1ccc2c(C#N)cccc21. The van der Waals surface area contributed by atoms with Gasteiger partial charge in [0.05, 0.1) is 11.6 Å². The molecule has 0 aliphatic carbocycles. The first-order valence-corrected chi connectivity index (χ1v) is 5.45. The lowest BCUT2D eigenvalue weighted by molar-refractivity contribution is -0.120. The zero-order valence-electron chi connectivity index (χ0n) is 9.60. The maximum absolute atomic E-state index is 11.2. The number of hydrogen-bond acceptors (Lipinski definition) is 2. The Hall–Kier alpha value is -2.28. The number of fused-ring (bicyclic) bond motifs is 1. The molecule has 0 radical (unpaired) electrons. The molecule has 0 atom stereocenters. The van der Waals surface area contributed by atoms with Crippen molar-refractivity contribution >= 4 is 16.8 Å². The van der Waals surface area contributed by atoms with Gasteiger partial charge in [-0.05, 0) is 18.2 Å². The van der Waals surface area contributed by atoms with Crippen LogP contribution in [-0.2, 0) is 11.3 Å². The van der Waals surface area contributed by atoms with Crippen LogP contribution < -0.4 is 5.32 Å². The molecule has 0 spiro atoms. The lowest BCUT2D eigenvalue weighted by atomic mass is 10.1. The van der Waals surface area contributed by atoms with E-state index in [0.717, 1.165) is 10.9 Å². The molecule has 0 saturated carbocycles. The molecule has 4 heteroatoms. The maximum atomic E-state index is 11.2. The number of benzene rings is 1. The molecule has 0 unspecified atom stereocenters.